The van der Waals surface area contributed by atoms with Crippen LogP contribution in [0.5, 0.6) is 0 Å². The van der Waals surface area contributed by atoms with Gasteiger partial charge in [-0.25, -0.2) is 4.79 Å². The summed E-state index contributed by atoms with van der Waals surface area (Å²) in [7, 11) is 0. The number of rotatable bonds is 7. The fourth-order valence-electron chi connectivity index (χ4n) is 2.63. The lowest BCUT2D eigenvalue weighted by molar-refractivity contribution is 0.410. The molecule has 2 unspecified atom stereocenters. The van der Waals surface area contributed by atoms with E-state index in [2.05, 4.69) is 48.2 Å². The molecule has 1 aromatic heterocycles. The SMILES string of the molecule is CCCCC(CC)NC(C)c1ccc2[nH]c(=O)[nH]c2c1. The van der Waals surface area contributed by atoms with E-state index < -0.39 is 0 Å². The summed E-state index contributed by atoms with van der Waals surface area (Å²) in [5, 5.41) is 3.69. The second-order valence-corrected chi connectivity index (χ2v) is 5.52. The van der Waals surface area contributed by atoms with E-state index in [1.807, 2.05) is 6.07 Å². The number of nitrogens with one attached hydrogen (secondary N) is 3. The average Bonchev–Trinajstić information content (AvgIpc) is 2.82. The molecule has 4 nitrogen and oxygen atoms in total. The number of benzene rings is 1. The Morgan fingerprint density at radius 2 is 1.95 bits per heavy atom. The van der Waals surface area contributed by atoms with Gasteiger partial charge in [-0.3, -0.25) is 0 Å². The lowest BCUT2D eigenvalue weighted by atomic mass is 10.0. The molecule has 0 spiro atoms. The van der Waals surface area contributed by atoms with E-state index in [1.54, 1.807) is 0 Å². The second-order valence-electron chi connectivity index (χ2n) is 5.52. The van der Waals surface area contributed by atoms with Gasteiger partial charge in [0.2, 0.25) is 0 Å². The Balaban J connectivity index is 2.09. The Morgan fingerprint density at radius 1 is 1.20 bits per heavy atom. The first-order valence-electron chi connectivity index (χ1n) is 7.62. The molecule has 110 valence electrons. The van der Waals surface area contributed by atoms with Crippen molar-refractivity contribution in [1.82, 2.24) is 15.3 Å². The molecule has 4 heteroatoms. The van der Waals surface area contributed by atoms with Crippen LogP contribution >= 0.6 is 0 Å². The zero-order valence-electron chi connectivity index (χ0n) is 12.6. The molecule has 0 amide bonds. The highest BCUT2D eigenvalue weighted by Gasteiger charge is 2.12. The molecule has 0 fully saturated rings. The number of H-pyrrole nitrogens is 2. The fraction of sp³-hybridized carbons (Fsp3) is 0.562. The summed E-state index contributed by atoms with van der Waals surface area (Å²) in [4.78, 5) is 16.9. The van der Waals surface area contributed by atoms with Gasteiger partial charge in [0.25, 0.3) is 0 Å². The third kappa shape index (κ3) is 3.51. The maximum absolute atomic E-state index is 11.3. The summed E-state index contributed by atoms with van der Waals surface area (Å²) in [6, 6.07) is 6.95. The van der Waals surface area contributed by atoms with E-state index in [-0.39, 0.29) is 5.69 Å². The number of fused-ring (bicyclic) bond motifs is 1. The van der Waals surface area contributed by atoms with E-state index in [4.69, 9.17) is 0 Å². The molecule has 0 saturated carbocycles. The standard InChI is InChI=1S/C16H25N3O/c1-4-6-7-13(5-2)17-11(3)12-8-9-14-15(10-12)19-16(20)18-14/h8-11,13,17H,4-7H2,1-3H3,(H2,18,19,20). The van der Waals surface area contributed by atoms with Crippen molar-refractivity contribution in [2.45, 2.75) is 58.5 Å². The molecule has 0 aliphatic heterocycles. The van der Waals surface area contributed by atoms with Gasteiger partial charge in [0.1, 0.15) is 0 Å². The number of aromatic nitrogens is 2. The first-order valence-corrected chi connectivity index (χ1v) is 7.62. The van der Waals surface area contributed by atoms with Gasteiger partial charge in [-0.15, -0.1) is 0 Å². The van der Waals surface area contributed by atoms with Crippen LogP contribution in [0.3, 0.4) is 0 Å². The van der Waals surface area contributed by atoms with Crippen LogP contribution in [0.25, 0.3) is 11.0 Å². The molecule has 0 radical (unpaired) electrons. The third-order valence-corrected chi connectivity index (χ3v) is 3.92. The maximum Gasteiger partial charge on any atom is 0.323 e. The summed E-state index contributed by atoms with van der Waals surface area (Å²) in [6.45, 7) is 6.64. The predicted octanol–water partition coefficient (Wildman–Crippen LogP) is 3.48. The van der Waals surface area contributed by atoms with Crippen molar-refractivity contribution in [1.29, 1.82) is 0 Å². The lowest BCUT2D eigenvalue weighted by Crippen LogP contribution is -2.30. The van der Waals surface area contributed by atoms with Crippen LogP contribution in [0.1, 0.15) is 58.1 Å². The molecular weight excluding hydrogens is 250 g/mol. The zero-order valence-corrected chi connectivity index (χ0v) is 12.6. The smallest absolute Gasteiger partial charge is 0.307 e. The van der Waals surface area contributed by atoms with Gasteiger partial charge in [-0.1, -0.05) is 32.8 Å². The zero-order chi connectivity index (χ0) is 14.5. The summed E-state index contributed by atoms with van der Waals surface area (Å²) in [6.07, 6.45) is 4.87. The Kier molecular flexibility index (Phi) is 5.01. The molecule has 0 bridgehead atoms. The molecule has 20 heavy (non-hydrogen) atoms. The molecule has 2 atom stereocenters. The number of hydrogen-bond donors (Lipinski definition) is 3. The number of aromatic amines is 2. The van der Waals surface area contributed by atoms with Gasteiger partial charge in [0.15, 0.2) is 0 Å². The van der Waals surface area contributed by atoms with Gasteiger partial charge in [0, 0.05) is 12.1 Å². The Hall–Kier alpha value is -1.55. The largest absolute Gasteiger partial charge is 0.323 e. The summed E-state index contributed by atoms with van der Waals surface area (Å²) >= 11 is 0. The maximum atomic E-state index is 11.3. The van der Waals surface area contributed by atoms with Gasteiger partial charge >= 0.3 is 5.69 Å². The molecule has 0 aliphatic rings. The van der Waals surface area contributed by atoms with Crippen LogP contribution in [-0.2, 0) is 0 Å². The monoisotopic (exact) mass is 275 g/mol. The van der Waals surface area contributed by atoms with Crippen molar-refractivity contribution in [3.8, 4) is 0 Å². The van der Waals surface area contributed by atoms with Crippen molar-refractivity contribution >= 4 is 11.0 Å². The first kappa shape index (κ1) is 14.9. The van der Waals surface area contributed by atoms with E-state index in [9.17, 15) is 4.79 Å². The highest BCUT2D eigenvalue weighted by atomic mass is 16.1. The topological polar surface area (TPSA) is 60.7 Å². The highest BCUT2D eigenvalue weighted by molar-refractivity contribution is 5.75. The average molecular weight is 275 g/mol. The molecule has 0 saturated heterocycles. The van der Waals surface area contributed by atoms with Crippen LogP contribution in [0.15, 0.2) is 23.0 Å². The van der Waals surface area contributed by atoms with Crippen molar-refractivity contribution < 1.29 is 0 Å². The first-order chi connectivity index (χ1) is 9.63. The summed E-state index contributed by atoms with van der Waals surface area (Å²) < 4.78 is 0. The Morgan fingerprint density at radius 3 is 2.65 bits per heavy atom. The van der Waals surface area contributed by atoms with Gasteiger partial charge in [-0.05, 0) is 37.5 Å². The Bertz CT molecular complexity index is 599. The minimum Gasteiger partial charge on any atom is -0.307 e. The summed E-state index contributed by atoms with van der Waals surface area (Å²) in [5.74, 6) is 0. The molecule has 1 aromatic carbocycles. The number of hydrogen-bond acceptors (Lipinski definition) is 2. The van der Waals surface area contributed by atoms with E-state index in [1.165, 1.54) is 24.8 Å². The lowest BCUT2D eigenvalue weighted by Gasteiger charge is -2.22. The van der Waals surface area contributed by atoms with E-state index in [0.29, 0.717) is 12.1 Å². The van der Waals surface area contributed by atoms with E-state index in [0.717, 1.165) is 17.5 Å². The van der Waals surface area contributed by atoms with Gasteiger partial charge < -0.3 is 15.3 Å². The molecule has 2 rings (SSSR count). The molecular formula is C16H25N3O. The highest BCUT2D eigenvalue weighted by Crippen LogP contribution is 2.19. The fourth-order valence-corrected chi connectivity index (χ4v) is 2.63. The minimum absolute atomic E-state index is 0.146. The van der Waals surface area contributed by atoms with E-state index >= 15 is 0 Å². The van der Waals surface area contributed by atoms with Gasteiger partial charge in [0.05, 0.1) is 11.0 Å². The summed E-state index contributed by atoms with van der Waals surface area (Å²) in [5.41, 5.74) is 2.81. The third-order valence-electron chi connectivity index (χ3n) is 3.92. The van der Waals surface area contributed by atoms with Crippen LogP contribution in [0.2, 0.25) is 0 Å². The molecule has 3 N–H and O–H groups in total. The molecule has 1 heterocycles. The van der Waals surface area contributed by atoms with Crippen molar-refractivity contribution in [2.24, 2.45) is 0 Å². The number of unbranched alkanes of at least 4 members (excludes halogenated alkanes) is 1. The normalized spacial score (nSPS) is 14.6. The minimum atomic E-state index is -0.146. The second kappa shape index (κ2) is 6.75. The van der Waals surface area contributed by atoms with Crippen LogP contribution in [-0.4, -0.2) is 16.0 Å². The van der Waals surface area contributed by atoms with Crippen LogP contribution < -0.4 is 11.0 Å². The quantitative estimate of drug-likeness (QED) is 0.724. The van der Waals surface area contributed by atoms with Gasteiger partial charge in [-0.2, -0.15) is 0 Å². The van der Waals surface area contributed by atoms with Crippen LogP contribution in [0, 0.1) is 0 Å². The van der Waals surface area contributed by atoms with Crippen molar-refractivity contribution in [3.63, 3.8) is 0 Å². The Labute approximate surface area is 120 Å². The predicted molar refractivity (Wildman–Crippen MR) is 84.1 cm³/mol. The van der Waals surface area contributed by atoms with Crippen LogP contribution in [0.4, 0.5) is 0 Å². The van der Waals surface area contributed by atoms with Crippen molar-refractivity contribution in [2.75, 3.05) is 0 Å². The number of imidazole rings is 1. The molecule has 2 aromatic rings. The van der Waals surface area contributed by atoms with Crippen molar-refractivity contribution in [3.05, 3.63) is 34.2 Å². The molecule has 0 aliphatic carbocycles.